The van der Waals surface area contributed by atoms with Crippen molar-refractivity contribution >= 4 is 57.8 Å². The second-order valence-corrected chi connectivity index (χ2v) is 11.4. The van der Waals surface area contributed by atoms with Crippen molar-refractivity contribution in [1.29, 1.82) is 0 Å². The number of aromatic amines is 2. The van der Waals surface area contributed by atoms with Crippen LogP contribution < -0.4 is 21.3 Å². The maximum Gasteiger partial charge on any atom is 0.490 e. The number of hydrogen-bond donors (Lipinski definition) is 8. The number of pyridine rings is 2. The Hall–Kier alpha value is -7.40. The van der Waals surface area contributed by atoms with Gasteiger partial charge in [-0.3, -0.25) is 20.6 Å². The van der Waals surface area contributed by atoms with Crippen molar-refractivity contribution in [3.63, 3.8) is 0 Å². The minimum atomic E-state index is -5.08. The first-order valence-corrected chi connectivity index (χ1v) is 15.4. The zero-order chi connectivity index (χ0) is 40.5. The highest BCUT2D eigenvalue weighted by Crippen LogP contribution is 2.48. The van der Waals surface area contributed by atoms with Crippen LogP contribution in [-0.2, 0) is 20.9 Å². The lowest BCUT2D eigenvalue weighted by Gasteiger charge is -2.35. The van der Waals surface area contributed by atoms with Gasteiger partial charge in [0.2, 0.25) is 35.1 Å². The molecule has 2 aromatic carbocycles. The van der Waals surface area contributed by atoms with E-state index in [2.05, 4.69) is 51.2 Å². The van der Waals surface area contributed by atoms with Crippen molar-refractivity contribution in [3.05, 3.63) is 108 Å². The molecule has 4 aromatic heterocycles. The topological polar surface area (TPSA) is 231 Å². The van der Waals surface area contributed by atoms with Crippen LogP contribution in [0.4, 0.5) is 47.0 Å². The van der Waals surface area contributed by atoms with Crippen molar-refractivity contribution in [1.82, 2.24) is 40.5 Å². The normalized spacial score (nSPS) is 18.6. The molecule has 0 unspecified atom stereocenters. The van der Waals surface area contributed by atoms with E-state index >= 15 is 0 Å². The molecule has 0 bridgehead atoms. The van der Waals surface area contributed by atoms with Crippen LogP contribution in [0.1, 0.15) is 11.4 Å². The van der Waals surface area contributed by atoms with E-state index in [4.69, 9.17) is 29.8 Å². The van der Waals surface area contributed by atoms with Crippen LogP contribution in [0.15, 0.2) is 95.2 Å². The third-order valence-electron chi connectivity index (χ3n) is 7.60. The summed E-state index contributed by atoms with van der Waals surface area (Å²) in [7, 11) is 0. The monoisotopic (exact) mass is 790 g/mol. The Kier molecular flexibility index (Phi) is 9.88. The molecule has 8 N–H and O–H groups in total. The number of fused-ring (bicyclic) bond motifs is 3. The number of nitrogens with zero attached hydrogens (tertiary/aromatic N) is 6. The number of nitrogens with one attached hydrogen (secondary N) is 6. The molecule has 24 heteroatoms. The fourth-order valence-corrected chi connectivity index (χ4v) is 5.32. The Morgan fingerprint density at radius 2 is 1.04 bits per heavy atom. The Balaban J connectivity index is 0.000000326. The predicted molar refractivity (Wildman–Crippen MR) is 180 cm³/mol. The summed E-state index contributed by atoms with van der Waals surface area (Å²) in [6.07, 6.45) is -6.83. The molecule has 6 heterocycles. The highest BCUT2D eigenvalue weighted by molar-refractivity contribution is 6.01. The van der Waals surface area contributed by atoms with E-state index < -0.39 is 35.6 Å². The molecule has 0 saturated carbocycles. The number of H-pyrrole nitrogens is 2. The van der Waals surface area contributed by atoms with Gasteiger partial charge in [-0.25, -0.2) is 38.3 Å². The van der Waals surface area contributed by atoms with Crippen LogP contribution in [0.2, 0.25) is 0 Å². The lowest BCUT2D eigenvalue weighted by molar-refractivity contribution is -0.193. The summed E-state index contributed by atoms with van der Waals surface area (Å²) in [4.78, 5) is 52.3. The number of imidazole rings is 2. The number of carboxylic acids is 2. The molecule has 0 radical (unpaired) electrons. The van der Waals surface area contributed by atoms with Crippen LogP contribution in [0.5, 0.6) is 0 Å². The summed E-state index contributed by atoms with van der Waals surface area (Å²) >= 11 is 0. The molecule has 0 spiro atoms. The Bertz CT molecular complexity index is 2340. The van der Waals surface area contributed by atoms with Gasteiger partial charge >= 0.3 is 24.3 Å². The Morgan fingerprint density at radius 1 is 0.625 bits per heavy atom. The van der Waals surface area contributed by atoms with E-state index in [1.54, 1.807) is 30.6 Å². The SMILES string of the molecule is Fc1ccc2nc(NC3=NC4(c5ccccn5)N=C(Nc5nc6ccc(F)cc6[nH]5)NC4(c4ccccn4)N3)[nH]c2c1.O=C(O)C(F)(F)F.O=C(O)C(F)(F)F. The number of carbonyl (C=O) groups is 2. The molecule has 0 aliphatic carbocycles. The molecule has 2 aliphatic heterocycles. The molecule has 6 aromatic rings. The molecule has 56 heavy (non-hydrogen) atoms. The average Bonchev–Trinajstić information content (AvgIpc) is 3.87. The van der Waals surface area contributed by atoms with Gasteiger partial charge in [-0.05, 0) is 60.7 Å². The van der Waals surface area contributed by atoms with Gasteiger partial charge in [0.15, 0.2) is 0 Å². The first-order chi connectivity index (χ1) is 26.4. The summed E-state index contributed by atoms with van der Waals surface area (Å²) in [5, 5.41) is 27.4. The van der Waals surface area contributed by atoms with Crippen LogP contribution >= 0.6 is 0 Å². The van der Waals surface area contributed by atoms with Crippen molar-refractivity contribution < 1.29 is 54.9 Å². The number of rotatable bonds is 4. The summed E-state index contributed by atoms with van der Waals surface area (Å²) in [6.45, 7) is 0. The van der Waals surface area contributed by atoms with E-state index in [1.165, 1.54) is 24.3 Å². The number of halogens is 8. The predicted octanol–water partition coefficient (Wildman–Crippen LogP) is 4.92. The number of guanidine groups is 2. The molecule has 290 valence electrons. The number of alkyl halides is 6. The van der Waals surface area contributed by atoms with Gasteiger partial charge in [-0.2, -0.15) is 26.3 Å². The lowest BCUT2D eigenvalue weighted by Crippen LogP contribution is -2.61. The fourth-order valence-electron chi connectivity index (χ4n) is 5.32. The largest absolute Gasteiger partial charge is 0.490 e. The minimum absolute atomic E-state index is 0.320. The number of carboxylic acid groups (broad SMARTS) is 2. The quantitative estimate of drug-likeness (QED) is 0.111. The van der Waals surface area contributed by atoms with Crippen molar-refractivity contribution in [2.75, 3.05) is 10.6 Å². The third kappa shape index (κ3) is 7.78. The molecular weight excluding hydrogens is 768 g/mol. The molecular formula is C32H22F8N12O4. The number of benzene rings is 2. The lowest BCUT2D eigenvalue weighted by atomic mass is 9.88. The fraction of sp³-hybridized carbons (Fsp3) is 0.125. The summed E-state index contributed by atoms with van der Waals surface area (Å²) in [5.41, 5.74) is 0.715. The summed E-state index contributed by atoms with van der Waals surface area (Å²) in [6, 6.07) is 19.6. The number of aromatic nitrogens is 6. The average molecular weight is 791 g/mol. The van der Waals surface area contributed by atoms with Crippen molar-refractivity contribution in [2.24, 2.45) is 9.98 Å². The number of hydrogen-bond acceptors (Lipinski definition) is 12. The van der Waals surface area contributed by atoms with Gasteiger partial charge < -0.3 is 30.8 Å². The first-order valence-electron chi connectivity index (χ1n) is 15.4. The van der Waals surface area contributed by atoms with Gasteiger partial charge in [0.05, 0.1) is 33.5 Å². The van der Waals surface area contributed by atoms with Crippen molar-refractivity contribution in [2.45, 2.75) is 23.7 Å². The molecule has 2 aliphatic rings. The zero-order valence-corrected chi connectivity index (χ0v) is 27.5. The second kappa shape index (κ2) is 14.4. The van der Waals surface area contributed by atoms with Gasteiger partial charge in [-0.15, -0.1) is 0 Å². The highest BCUT2D eigenvalue weighted by Gasteiger charge is 2.65. The molecule has 0 atom stereocenters. The van der Waals surface area contributed by atoms with E-state index in [0.29, 0.717) is 57.3 Å². The number of anilines is 2. The van der Waals surface area contributed by atoms with Crippen molar-refractivity contribution in [3.8, 4) is 0 Å². The maximum atomic E-state index is 13.8. The molecule has 0 fully saturated rings. The van der Waals surface area contributed by atoms with Gasteiger partial charge in [0.1, 0.15) is 11.6 Å². The van der Waals surface area contributed by atoms with E-state index in [9.17, 15) is 35.1 Å². The van der Waals surface area contributed by atoms with Gasteiger partial charge in [0.25, 0.3) is 0 Å². The van der Waals surface area contributed by atoms with Gasteiger partial charge in [0, 0.05) is 12.4 Å². The van der Waals surface area contributed by atoms with E-state index in [0.717, 1.165) is 0 Å². The summed E-state index contributed by atoms with van der Waals surface area (Å²) < 4.78 is 91.0. The number of aliphatic carboxylic acids is 2. The van der Waals surface area contributed by atoms with Crippen LogP contribution in [0, 0.1) is 11.6 Å². The number of aliphatic imine (C=N–C) groups is 2. The first kappa shape index (κ1) is 38.3. The highest BCUT2D eigenvalue weighted by atomic mass is 19.4. The van der Waals surface area contributed by atoms with Crippen LogP contribution in [-0.4, -0.2) is 76.3 Å². The molecule has 0 amide bonds. The Morgan fingerprint density at radius 3 is 1.41 bits per heavy atom. The third-order valence-corrected chi connectivity index (χ3v) is 7.60. The van der Waals surface area contributed by atoms with Crippen LogP contribution in [0.3, 0.4) is 0 Å². The zero-order valence-electron chi connectivity index (χ0n) is 27.5. The van der Waals surface area contributed by atoms with Gasteiger partial charge in [-0.1, -0.05) is 12.1 Å². The maximum absolute atomic E-state index is 13.8. The van der Waals surface area contributed by atoms with E-state index in [1.807, 2.05) is 30.3 Å². The Labute approximate surface area is 305 Å². The van der Waals surface area contributed by atoms with E-state index in [-0.39, 0.29) is 11.6 Å². The smallest absolute Gasteiger partial charge is 0.475 e. The molecule has 8 rings (SSSR count). The molecule has 16 nitrogen and oxygen atoms in total. The standard InChI is InChI=1S/C28H20F2N12.2C2HF3O2/c29-15-7-9-17-19(13-15)35-23(33-17)37-25-39-27(21-5-1-3-11-31-21)28(41-25,22-6-2-4-12-32-22)42-26(40-27)38-24-34-18-10-8-16(30)14-20(18)36-24;2*3-2(4,5)1(6)7/h1-14H,(H3,33,35,37,39,41)(H3,34,36,38,40,42);2*(H,6,7). The van der Waals surface area contributed by atoms with Crippen LogP contribution in [0.25, 0.3) is 22.1 Å². The minimum Gasteiger partial charge on any atom is -0.475 e. The summed E-state index contributed by atoms with van der Waals surface area (Å²) in [5.74, 6) is -4.92. The second-order valence-electron chi connectivity index (χ2n) is 11.4. The molecule has 0 saturated heterocycles.